The molecule has 0 aliphatic carbocycles. The molecule has 0 spiro atoms. The monoisotopic (exact) mass is 428 g/mol. The molecular weight excluding hydrogens is 404 g/mol. The molecule has 1 aliphatic rings. The van der Waals surface area contributed by atoms with Gasteiger partial charge in [0, 0.05) is 18.7 Å². The lowest BCUT2D eigenvalue weighted by Crippen LogP contribution is -2.36. The van der Waals surface area contributed by atoms with Crippen LogP contribution in [0.1, 0.15) is 27.0 Å². The van der Waals surface area contributed by atoms with Crippen molar-refractivity contribution in [3.05, 3.63) is 82.9 Å². The molecule has 0 atom stereocenters. The Balaban J connectivity index is 1.31. The Morgan fingerprint density at radius 2 is 1.69 bits per heavy atom. The SMILES string of the molecule is COc1cc2c(cc1OC)CN(C(=O)c1ccc(Cn3nnc4ccccc43)cc1)CC2. The van der Waals surface area contributed by atoms with Crippen molar-refractivity contribution >= 4 is 16.9 Å². The number of hydrogen-bond donors (Lipinski definition) is 0. The van der Waals surface area contributed by atoms with E-state index >= 15 is 0 Å². The average Bonchev–Trinajstić information content (AvgIpc) is 3.25. The van der Waals surface area contributed by atoms with E-state index in [9.17, 15) is 4.79 Å². The van der Waals surface area contributed by atoms with Crippen molar-refractivity contribution < 1.29 is 14.3 Å². The van der Waals surface area contributed by atoms with Gasteiger partial charge in [0.1, 0.15) is 5.52 Å². The second-order valence-corrected chi connectivity index (χ2v) is 7.89. The van der Waals surface area contributed by atoms with Gasteiger partial charge in [-0.2, -0.15) is 0 Å². The maximum Gasteiger partial charge on any atom is 0.254 e. The van der Waals surface area contributed by atoms with Crippen LogP contribution in [0, 0.1) is 0 Å². The van der Waals surface area contributed by atoms with E-state index in [0.29, 0.717) is 30.9 Å². The lowest BCUT2D eigenvalue weighted by molar-refractivity contribution is 0.0734. The largest absolute Gasteiger partial charge is 0.493 e. The van der Waals surface area contributed by atoms with E-state index in [1.807, 2.05) is 70.2 Å². The molecule has 0 radical (unpaired) electrons. The Kier molecular flexibility index (Phi) is 5.23. The minimum Gasteiger partial charge on any atom is -0.493 e. The molecule has 0 fully saturated rings. The van der Waals surface area contributed by atoms with E-state index in [1.54, 1.807) is 14.2 Å². The maximum absolute atomic E-state index is 13.1. The number of rotatable bonds is 5. The van der Waals surface area contributed by atoms with E-state index in [1.165, 1.54) is 5.56 Å². The van der Waals surface area contributed by atoms with Crippen LogP contribution in [0.25, 0.3) is 11.0 Å². The fourth-order valence-electron chi connectivity index (χ4n) is 4.20. The predicted octanol–water partition coefficient (Wildman–Crippen LogP) is 3.70. The first-order valence-corrected chi connectivity index (χ1v) is 10.6. The molecule has 0 bridgehead atoms. The summed E-state index contributed by atoms with van der Waals surface area (Å²) in [7, 11) is 3.26. The second-order valence-electron chi connectivity index (χ2n) is 7.89. The highest BCUT2D eigenvalue weighted by atomic mass is 16.5. The zero-order chi connectivity index (χ0) is 22.1. The lowest BCUT2D eigenvalue weighted by Gasteiger charge is -2.29. The second kappa shape index (κ2) is 8.34. The molecule has 2 heterocycles. The van der Waals surface area contributed by atoms with Gasteiger partial charge in [-0.05, 0) is 59.5 Å². The number of para-hydroxylation sites is 1. The molecule has 5 rings (SSSR count). The zero-order valence-electron chi connectivity index (χ0n) is 18.1. The van der Waals surface area contributed by atoms with E-state index in [4.69, 9.17) is 9.47 Å². The molecular formula is C25H24N4O3. The normalized spacial score (nSPS) is 13.1. The smallest absolute Gasteiger partial charge is 0.254 e. The van der Waals surface area contributed by atoms with Gasteiger partial charge in [-0.25, -0.2) is 4.68 Å². The Hall–Kier alpha value is -3.87. The molecule has 1 aromatic heterocycles. The third-order valence-corrected chi connectivity index (χ3v) is 5.96. The summed E-state index contributed by atoms with van der Waals surface area (Å²) in [6, 6.07) is 19.6. The van der Waals surface area contributed by atoms with Crippen molar-refractivity contribution in [3.63, 3.8) is 0 Å². The topological polar surface area (TPSA) is 69.5 Å². The van der Waals surface area contributed by atoms with Gasteiger partial charge in [0.05, 0.1) is 26.3 Å². The van der Waals surface area contributed by atoms with Gasteiger partial charge >= 0.3 is 0 Å². The molecule has 0 saturated carbocycles. The molecule has 7 nitrogen and oxygen atoms in total. The zero-order valence-corrected chi connectivity index (χ0v) is 18.1. The Labute approximate surface area is 186 Å². The van der Waals surface area contributed by atoms with Gasteiger partial charge in [0.15, 0.2) is 11.5 Å². The first-order chi connectivity index (χ1) is 15.7. The van der Waals surface area contributed by atoms with Crippen LogP contribution in [-0.4, -0.2) is 46.6 Å². The highest BCUT2D eigenvalue weighted by Gasteiger charge is 2.23. The first kappa shape index (κ1) is 20.1. The average molecular weight is 428 g/mol. The number of hydrogen-bond acceptors (Lipinski definition) is 5. The quantitative estimate of drug-likeness (QED) is 0.485. The molecule has 7 heteroatoms. The van der Waals surface area contributed by atoms with Crippen molar-refractivity contribution in [3.8, 4) is 11.5 Å². The molecule has 0 N–H and O–H groups in total. The predicted molar refractivity (Wildman–Crippen MR) is 121 cm³/mol. The summed E-state index contributed by atoms with van der Waals surface area (Å²) >= 11 is 0. The maximum atomic E-state index is 13.1. The van der Waals surface area contributed by atoms with Gasteiger partial charge in [-0.1, -0.05) is 29.5 Å². The summed E-state index contributed by atoms with van der Waals surface area (Å²) in [6.07, 6.45) is 0.791. The van der Waals surface area contributed by atoms with Crippen molar-refractivity contribution in [2.24, 2.45) is 0 Å². The van der Waals surface area contributed by atoms with Crippen molar-refractivity contribution in [2.45, 2.75) is 19.5 Å². The molecule has 4 aromatic rings. The van der Waals surface area contributed by atoms with Crippen LogP contribution in [-0.2, 0) is 19.5 Å². The van der Waals surface area contributed by atoms with Gasteiger partial charge in [0.25, 0.3) is 5.91 Å². The number of benzene rings is 3. The van der Waals surface area contributed by atoms with Crippen LogP contribution in [0.2, 0.25) is 0 Å². The molecule has 32 heavy (non-hydrogen) atoms. The van der Waals surface area contributed by atoms with Gasteiger partial charge in [-0.3, -0.25) is 4.79 Å². The van der Waals surface area contributed by atoms with Crippen LogP contribution < -0.4 is 9.47 Å². The Morgan fingerprint density at radius 3 is 2.44 bits per heavy atom. The van der Waals surface area contributed by atoms with Gasteiger partial charge < -0.3 is 14.4 Å². The molecule has 1 aliphatic heterocycles. The van der Waals surface area contributed by atoms with E-state index in [2.05, 4.69) is 10.3 Å². The van der Waals surface area contributed by atoms with Crippen LogP contribution in [0.15, 0.2) is 60.7 Å². The van der Waals surface area contributed by atoms with Gasteiger partial charge in [0.2, 0.25) is 0 Å². The molecule has 0 saturated heterocycles. The van der Waals surface area contributed by atoms with E-state index in [-0.39, 0.29) is 5.91 Å². The van der Waals surface area contributed by atoms with Crippen LogP contribution in [0.5, 0.6) is 11.5 Å². The summed E-state index contributed by atoms with van der Waals surface area (Å²) in [5.74, 6) is 1.44. The summed E-state index contributed by atoms with van der Waals surface area (Å²) < 4.78 is 12.7. The molecule has 162 valence electrons. The minimum absolute atomic E-state index is 0.0307. The van der Waals surface area contributed by atoms with Crippen molar-refractivity contribution in [1.29, 1.82) is 0 Å². The van der Waals surface area contributed by atoms with Crippen molar-refractivity contribution in [2.75, 3.05) is 20.8 Å². The number of carbonyl (C=O) groups is 1. The summed E-state index contributed by atoms with van der Waals surface area (Å²) in [4.78, 5) is 15.0. The highest BCUT2D eigenvalue weighted by molar-refractivity contribution is 5.94. The highest BCUT2D eigenvalue weighted by Crippen LogP contribution is 2.33. The first-order valence-electron chi connectivity index (χ1n) is 10.6. The lowest BCUT2D eigenvalue weighted by atomic mass is 9.98. The minimum atomic E-state index is 0.0307. The number of nitrogens with zero attached hydrogens (tertiary/aromatic N) is 4. The summed E-state index contributed by atoms with van der Waals surface area (Å²) in [5, 5.41) is 8.44. The summed E-state index contributed by atoms with van der Waals surface area (Å²) in [6.45, 7) is 1.84. The third kappa shape index (κ3) is 3.66. The van der Waals surface area contributed by atoms with Gasteiger partial charge in [-0.15, -0.1) is 5.10 Å². The van der Waals surface area contributed by atoms with E-state index < -0.39 is 0 Å². The van der Waals surface area contributed by atoms with Crippen LogP contribution >= 0.6 is 0 Å². The number of aromatic nitrogens is 3. The number of carbonyl (C=O) groups excluding carboxylic acids is 1. The van der Waals surface area contributed by atoms with Crippen LogP contribution in [0.3, 0.4) is 0 Å². The fraction of sp³-hybridized carbons (Fsp3) is 0.240. The fourth-order valence-corrected chi connectivity index (χ4v) is 4.20. The molecule has 3 aromatic carbocycles. The molecule has 1 amide bonds. The number of fused-ring (bicyclic) bond motifs is 2. The third-order valence-electron chi connectivity index (χ3n) is 5.96. The Morgan fingerprint density at radius 1 is 0.969 bits per heavy atom. The number of methoxy groups -OCH3 is 2. The molecule has 0 unspecified atom stereocenters. The Bertz CT molecular complexity index is 1280. The van der Waals surface area contributed by atoms with Crippen LogP contribution in [0.4, 0.5) is 0 Å². The van der Waals surface area contributed by atoms with E-state index in [0.717, 1.165) is 34.3 Å². The standard InChI is InChI=1S/C25H24N4O3/c1-31-23-13-19-11-12-28(16-20(19)14-24(23)32-2)25(30)18-9-7-17(8-10-18)15-29-22-6-4-3-5-21(22)26-27-29/h3-10,13-14H,11-12,15-16H2,1-2H3. The number of ether oxygens (including phenoxy) is 2. The summed E-state index contributed by atoms with van der Waals surface area (Å²) in [5.41, 5.74) is 5.91. The number of amides is 1. The van der Waals surface area contributed by atoms with Crippen molar-refractivity contribution in [1.82, 2.24) is 19.9 Å².